The Morgan fingerprint density at radius 2 is 1.50 bits per heavy atom. The highest BCUT2D eigenvalue weighted by Crippen LogP contribution is 2.25. The van der Waals surface area contributed by atoms with Gasteiger partial charge in [-0.15, -0.1) is 0 Å². The Morgan fingerprint density at radius 3 is 2.13 bits per heavy atom. The number of nitriles is 1. The van der Waals surface area contributed by atoms with Crippen LogP contribution < -0.4 is 15.4 Å². The Balaban J connectivity index is 1.74. The minimum atomic E-state index is -0.349. The molecule has 0 aliphatic heterocycles. The van der Waals surface area contributed by atoms with Gasteiger partial charge < -0.3 is 15.4 Å². The summed E-state index contributed by atoms with van der Waals surface area (Å²) in [7, 11) is 0. The van der Waals surface area contributed by atoms with Crippen LogP contribution in [0.5, 0.6) is 5.75 Å². The third-order valence-electron chi connectivity index (χ3n) is 4.16. The van der Waals surface area contributed by atoms with Gasteiger partial charge >= 0.3 is 0 Å². The highest BCUT2D eigenvalue weighted by atomic mass is 16.5. The van der Waals surface area contributed by atoms with Crippen molar-refractivity contribution in [2.75, 3.05) is 10.6 Å². The highest BCUT2D eigenvalue weighted by Gasteiger charge is 2.13. The summed E-state index contributed by atoms with van der Waals surface area (Å²) >= 11 is 0. The fourth-order valence-electron chi connectivity index (χ4n) is 2.75. The molecule has 0 heterocycles. The number of rotatable bonds is 6. The predicted molar refractivity (Wildman–Crippen MR) is 116 cm³/mol. The molecule has 0 fully saturated rings. The Hall–Kier alpha value is -4.11. The van der Waals surface area contributed by atoms with Crippen LogP contribution in [0.3, 0.4) is 0 Å². The second kappa shape index (κ2) is 9.39. The normalized spacial score (nSPS) is 10.2. The van der Waals surface area contributed by atoms with Gasteiger partial charge in [0.2, 0.25) is 0 Å². The minimum Gasteiger partial charge on any atom is -0.489 e. The summed E-state index contributed by atoms with van der Waals surface area (Å²) in [6.45, 7) is 3.82. The molecule has 6 heteroatoms. The van der Waals surface area contributed by atoms with Crippen molar-refractivity contribution in [3.05, 3.63) is 89.5 Å². The molecule has 0 radical (unpaired) electrons. The third-order valence-corrected chi connectivity index (χ3v) is 4.16. The van der Waals surface area contributed by atoms with Crippen molar-refractivity contribution in [3.63, 3.8) is 0 Å². The molecule has 6 nitrogen and oxygen atoms in total. The van der Waals surface area contributed by atoms with Gasteiger partial charge in [0.15, 0.2) is 0 Å². The minimum absolute atomic E-state index is 0.0303. The summed E-state index contributed by atoms with van der Waals surface area (Å²) in [6, 6.07) is 22.2. The van der Waals surface area contributed by atoms with E-state index >= 15 is 0 Å². The average molecular weight is 399 g/mol. The number of anilines is 2. The maximum atomic E-state index is 12.7. The lowest BCUT2D eigenvalue weighted by Gasteiger charge is -2.15. The van der Waals surface area contributed by atoms with Crippen LogP contribution in [0.2, 0.25) is 0 Å². The first-order valence-corrected chi connectivity index (χ1v) is 9.45. The molecule has 2 N–H and O–H groups in total. The number of amides is 2. The number of benzene rings is 3. The summed E-state index contributed by atoms with van der Waals surface area (Å²) in [5.41, 5.74) is 2.33. The summed E-state index contributed by atoms with van der Waals surface area (Å²) in [5, 5.41) is 14.4. The molecule has 3 aromatic rings. The van der Waals surface area contributed by atoms with Crippen LogP contribution >= 0.6 is 0 Å². The van der Waals surface area contributed by atoms with Crippen molar-refractivity contribution < 1.29 is 14.3 Å². The molecule has 0 aliphatic carbocycles. The number of para-hydroxylation sites is 2. The van der Waals surface area contributed by atoms with E-state index in [4.69, 9.17) is 10.00 Å². The van der Waals surface area contributed by atoms with E-state index in [1.54, 1.807) is 54.6 Å². The van der Waals surface area contributed by atoms with Crippen molar-refractivity contribution in [2.45, 2.75) is 20.0 Å². The number of hydrogen-bond acceptors (Lipinski definition) is 4. The number of ether oxygens (including phenoxy) is 1. The number of nitrogens with zero attached hydrogens (tertiary/aromatic N) is 1. The first-order chi connectivity index (χ1) is 14.5. The maximum Gasteiger partial charge on any atom is 0.255 e. The molecule has 0 saturated heterocycles. The van der Waals surface area contributed by atoms with E-state index in [9.17, 15) is 9.59 Å². The first-order valence-electron chi connectivity index (χ1n) is 9.45. The summed E-state index contributed by atoms with van der Waals surface area (Å²) in [6.07, 6.45) is -0.0303. The van der Waals surface area contributed by atoms with E-state index in [0.29, 0.717) is 33.8 Å². The molecule has 2 amide bonds. The lowest BCUT2D eigenvalue weighted by molar-refractivity contribution is 0.102. The lowest BCUT2D eigenvalue weighted by Crippen LogP contribution is -2.16. The maximum absolute atomic E-state index is 12.7. The molecule has 0 bridgehead atoms. The van der Waals surface area contributed by atoms with E-state index in [1.165, 1.54) is 6.07 Å². The molecule has 3 rings (SSSR count). The van der Waals surface area contributed by atoms with Crippen LogP contribution in [-0.4, -0.2) is 17.9 Å². The van der Waals surface area contributed by atoms with Crippen LogP contribution in [0.25, 0.3) is 0 Å². The van der Waals surface area contributed by atoms with Crippen LogP contribution in [0, 0.1) is 11.3 Å². The summed E-state index contributed by atoms with van der Waals surface area (Å²) < 4.78 is 5.73. The van der Waals surface area contributed by atoms with Gasteiger partial charge in [-0.25, -0.2) is 0 Å². The van der Waals surface area contributed by atoms with Crippen molar-refractivity contribution >= 4 is 23.2 Å². The molecule has 0 unspecified atom stereocenters. The number of carbonyl (C=O) groups is 2. The summed E-state index contributed by atoms with van der Waals surface area (Å²) in [4.78, 5) is 25.3. The van der Waals surface area contributed by atoms with E-state index in [0.717, 1.165) is 0 Å². The van der Waals surface area contributed by atoms with Gasteiger partial charge in [-0.3, -0.25) is 9.59 Å². The Labute approximate surface area is 175 Å². The lowest BCUT2D eigenvalue weighted by atomic mass is 10.1. The zero-order valence-electron chi connectivity index (χ0n) is 16.7. The van der Waals surface area contributed by atoms with Crippen molar-refractivity contribution in [1.82, 2.24) is 0 Å². The largest absolute Gasteiger partial charge is 0.489 e. The zero-order chi connectivity index (χ0) is 21.5. The molecule has 30 heavy (non-hydrogen) atoms. The van der Waals surface area contributed by atoms with Gasteiger partial charge in [0.05, 0.1) is 23.4 Å². The third kappa shape index (κ3) is 5.24. The molecule has 0 saturated carbocycles. The SMILES string of the molecule is CC(C)Oc1ccccc1NC(=O)c1cccc(C(=O)Nc2ccc(C#N)cc2)c1. The van der Waals surface area contributed by atoms with E-state index < -0.39 is 0 Å². The van der Waals surface area contributed by atoms with Gasteiger partial charge in [0.1, 0.15) is 5.75 Å². The van der Waals surface area contributed by atoms with Crippen molar-refractivity contribution in [3.8, 4) is 11.8 Å². The van der Waals surface area contributed by atoms with Crippen LogP contribution in [0.1, 0.15) is 40.1 Å². The van der Waals surface area contributed by atoms with Crippen LogP contribution in [0.15, 0.2) is 72.8 Å². The standard InChI is InChI=1S/C24H21N3O3/c1-16(2)30-22-9-4-3-8-21(22)27-24(29)19-7-5-6-18(14-19)23(28)26-20-12-10-17(15-25)11-13-20/h3-14,16H,1-2H3,(H,26,28)(H,27,29). The number of hydrogen-bond donors (Lipinski definition) is 2. The Bertz CT molecular complexity index is 1100. The average Bonchev–Trinajstić information content (AvgIpc) is 2.75. The quantitative estimate of drug-likeness (QED) is 0.620. The van der Waals surface area contributed by atoms with Crippen LogP contribution in [0.4, 0.5) is 11.4 Å². The number of carbonyl (C=O) groups excluding carboxylic acids is 2. The Kier molecular flexibility index (Phi) is 6.46. The smallest absolute Gasteiger partial charge is 0.255 e. The predicted octanol–water partition coefficient (Wildman–Crippen LogP) is 4.85. The molecular weight excluding hydrogens is 378 g/mol. The highest BCUT2D eigenvalue weighted by molar-refractivity contribution is 6.09. The fraction of sp³-hybridized carbons (Fsp3) is 0.125. The summed E-state index contributed by atoms with van der Waals surface area (Å²) in [5.74, 6) is -0.115. The first kappa shape index (κ1) is 20.6. The van der Waals surface area contributed by atoms with Crippen molar-refractivity contribution in [1.29, 1.82) is 5.26 Å². The number of nitrogens with one attached hydrogen (secondary N) is 2. The topological polar surface area (TPSA) is 91.2 Å². The van der Waals surface area contributed by atoms with Crippen molar-refractivity contribution in [2.24, 2.45) is 0 Å². The van der Waals surface area contributed by atoms with Gasteiger partial charge in [-0.1, -0.05) is 18.2 Å². The molecular formula is C24H21N3O3. The molecule has 0 aliphatic rings. The second-order valence-electron chi connectivity index (χ2n) is 6.84. The molecule has 150 valence electrons. The molecule has 3 aromatic carbocycles. The molecule has 0 aromatic heterocycles. The Morgan fingerprint density at radius 1 is 0.867 bits per heavy atom. The fourth-order valence-corrected chi connectivity index (χ4v) is 2.75. The van der Waals surface area contributed by atoms with Gasteiger partial charge in [0, 0.05) is 16.8 Å². The molecule has 0 spiro atoms. The van der Waals surface area contributed by atoms with E-state index in [2.05, 4.69) is 10.6 Å². The van der Waals surface area contributed by atoms with Gasteiger partial charge in [-0.05, 0) is 68.4 Å². The molecule has 0 atom stereocenters. The van der Waals surface area contributed by atoms with Gasteiger partial charge in [0.25, 0.3) is 11.8 Å². The zero-order valence-corrected chi connectivity index (χ0v) is 16.7. The van der Waals surface area contributed by atoms with E-state index in [-0.39, 0.29) is 17.9 Å². The van der Waals surface area contributed by atoms with Crippen LogP contribution in [-0.2, 0) is 0 Å². The van der Waals surface area contributed by atoms with Gasteiger partial charge in [-0.2, -0.15) is 5.26 Å². The second-order valence-corrected chi connectivity index (χ2v) is 6.84. The van der Waals surface area contributed by atoms with E-state index in [1.807, 2.05) is 32.0 Å². The monoisotopic (exact) mass is 399 g/mol.